The average molecular weight is 304 g/mol. The van der Waals surface area contributed by atoms with E-state index in [0.29, 0.717) is 5.92 Å². The van der Waals surface area contributed by atoms with Gasteiger partial charge in [0.05, 0.1) is 0 Å². The van der Waals surface area contributed by atoms with Gasteiger partial charge in [0.1, 0.15) is 0 Å². The Balaban J connectivity index is 2.33. The van der Waals surface area contributed by atoms with Crippen LogP contribution >= 0.6 is 15.9 Å². The van der Waals surface area contributed by atoms with Crippen molar-refractivity contribution in [1.82, 2.24) is 0 Å². The zero-order valence-electron chi connectivity index (χ0n) is 10.8. The summed E-state index contributed by atoms with van der Waals surface area (Å²) in [4.78, 5) is 2.36. The number of anilines is 2. The fourth-order valence-electron chi connectivity index (χ4n) is 1.95. The molecule has 0 saturated carbocycles. The first-order valence-corrected chi connectivity index (χ1v) is 7.04. The van der Waals surface area contributed by atoms with E-state index in [9.17, 15) is 0 Å². The molecule has 1 nitrogen and oxygen atoms in total. The first-order chi connectivity index (χ1) is 8.66. The van der Waals surface area contributed by atoms with E-state index in [2.05, 4.69) is 89.3 Å². The number of nitrogens with zero attached hydrogens (tertiary/aromatic N) is 1. The summed E-state index contributed by atoms with van der Waals surface area (Å²) < 4.78 is 1.11. The largest absolute Gasteiger partial charge is 0.341 e. The van der Waals surface area contributed by atoms with E-state index >= 15 is 0 Å². The van der Waals surface area contributed by atoms with Crippen molar-refractivity contribution in [2.45, 2.75) is 13.8 Å². The smallest absolute Gasteiger partial charge is 0.0411 e. The van der Waals surface area contributed by atoms with Crippen molar-refractivity contribution >= 4 is 27.3 Å². The van der Waals surface area contributed by atoms with Gasteiger partial charge in [0.25, 0.3) is 0 Å². The van der Waals surface area contributed by atoms with Gasteiger partial charge in [-0.1, -0.05) is 48.0 Å². The van der Waals surface area contributed by atoms with Gasteiger partial charge in [-0.05, 0) is 42.3 Å². The number of para-hydroxylation sites is 1. The lowest BCUT2D eigenvalue weighted by molar-refractivity contribution is 0.651. The molecule has 0 heterocycles. The highest BCUT2D eigenvalue weighted by molar-refractivity contribution is 9.10. The van der Waals surface area contributed by atoms with Crippen molar-refractivity contribution in [1.29, 1.82) is 0 Å². The van der Waals surface area contributed by atoms with Crippen molar-refractivity contribution in [3.63, 3.8) is 0 Å². The molecule has 0 unspecified atom stereocenters. The van der Waals surface area contributed by atoms with Gasteiger partial charge in [0, 0.05) is 22.4 Å². The quantitative estimate of drug-likeness (QED) is 0.746. The molecule has 94 valence electrons. The van der Waals surface area contributed by atoms with Gasteiger partial charge >= 0.3 is 0 Å². The lowest BCUT2D eigenvalue weighted by atomic mass is 10.1. The maximum absolute atomic E-state index is 3.48. The molecule has 2 aromatic rings. The summed E-state index contributed by atoms with van der Waals surface area (Å²) in [5.74, 6) is 0.619. The molecule has 0 saturated heterocycles. The summed E-state index contributed by atoms with van der Waals surface area (Å²) in [6.45, 7) is 5.51. The molecule has 0 aliphatic heterocycles. The van der Waals surface area contributed by atoms with Crippen molar-refractivity contribution in [3.05, 3.63) is 59.1 Å². The minimum absolute atomic E-state index is 0.619. The van der Waals surface area contributed by atoms with Crippen LogP contribution in [-0.2, 0) is 0 Å². The molecule has 0 atom stereocenters. The van der Waals surface area contributed by atoms with Gasteiger partial charge in [-0.15, -0.1) is 0 Å². The number of halogens is 1. The molecule has 0 aliphatic carbocycles. The van der Waals surface area contributed by atoms with E-state index in [1.165, 1.54) is 11.4 Å². The number of hydrogen-bond acceptors (Lipinski definition) is 1. The zero-order valence-corrected chi connectivity index (χ0v) is 12.4. The Morgan fingerprint density at radius 3 is 2.00 bits per heavy atom. The van der Waals surface area contributed by atoms with Crippen LogP contribution in [0, 0.1) is 5.92 Å². The SMILES string of the molecule is CC(C)CN(c1ccccc1)c1ccc(Br)cc1. The van der Waals surface area contributed by atoms with Crippen LogP contribution in [-0.4, -0.2) is 6.54 Å². The Morgan fingerprint density at radius 2 is 1.44 bits per heavy atom. The fraction of sp³-hybridized carbons (Fsp3) is 0.250. The van der Waals surface area contributed by atoms with E-state index in [1.54, 1.807) is 0 Å². The van der Waals surface area contributed by atoms with Gasteiger partial charge in [-0.3, -0.25) is 0 Å². The molecule has 2 rings (SSSR count). The maximum atomic E-state index is 3.48. The third-order valence-corrected chi connectivity index (χ3v) is 3.28. The Kier molecular flexibility index (Phi) is 4.43. The van der Waals surface area contributed by atoms with Gasteiger partial charge in [0.2, 0.25) is 0 Å². The fourth-order valence-corrected chi connectivity index (χ4v) is 2.22. The number of benzene rings is 2. The number of hydrogen-bond donors (Lipinski definition) is 0. The van der Waals surface area contributed by atoms with Crippen LogP contribution < -0.4 is 4.90 Å². The molecule has 0 fully saturated rings. The van der Waals surface area contributed by atoms with Crippen LogP contribution in [0.5, 0.6) is 0 Å². The zero-order chi connectivity index (χ0) is 13.0. The van der Waals surface area contributed by atoms with E-state index in [0.717, 1.165) is 11.0 Å². The van der Waals surface area contributed by atoms with Crippen LogP contribution in [0.4, 0.5) is 11.4 Å². The lowest BCUT2D eigenvalue weighted by Gasteiger charge is -2.27. The minimum Gasteiger partial charge on any atom is -0.341 e. The highest BCUT2D eigenvalue weighted by atomic mass is 79.9. The normalized spacial score (nSPS) is 10.7. The van der Waals surface area contributed by atoms with Crippen LogP contribution in [0.3, 0.4) is 0 Å². The average Bonchev–Trinajstić information content (AvgIpc) is 2.38. The molecule has 0 aromatic heterocycles. The van der Waals surface area contributed by atoms with Crippen molar-refractivity contribution in [3.8, 4) is 0 Å². The standard InChI is InChI=1S/C16H18BrN/c1-13(2)12-18(15-6-4-3-5-7-15)16-10-8-14(17)9-11-16/h3-11,13H,12H2,1-2H3. The Bertz CT molecular complexity index is 476. The first-order valence-electron chi connectivity index (χ1n) is 6.25. The van der Waals surface area contributed by atoms with Crippen LogP contribution in [0.1, 0.15) is 13.8 Å². The van der Waals surface area contributed by atoms with E-state index < -0.39 is 0 Å². The molecule has 0 radical (unpaired) electrons. The molecule has 0 N–H and O–H groups in total. The summed E-state index contributed by atoms with van der Waals surface area (Å²) in [5, 5.41) is 0. The lowest BCUT2D eigenvalue weighted by Crippen LogP contribution is -2.22. The Labute approximate surface area is 118 Å². The van der Waals surface area contributed by atoms with Gasteiger partial charge in [-0.25, -0.2) is 0 Å². The first kappa shape index (κ1) is 13.2. The molecule has 2 heteroatoms. The minimum atomic E-state index is 0.619. The predicted molar refractivity (Wildman–Crippen MR) is 82.4 cm³/mol. The van der Waals surface area contributed by atoms with Crippen LogP contribution in [0.2, 0.25) is 0 Å². The van der Waals surface area contributed by atoms with Crippen molar-refractivity contribution < 1.29 is 0 Å². The molecule has 2 aromatic carbocycles. The summed E-state index contributed by atoms with van der Waals surface area (Å²) in [7, 11) is 0. The summed E-state index contributed by atoms with van der Waals surface area (Å²) in [6.07, 6.45) is 0. The third-order valence-electron chi connectivity index (χ3n) is 2.75. The summed E-state index contributed by atoms with van der Waals surface area (Å²) >= 11 is 3.48. The van der Waals surface area contributed by atoms with E-state index in [-0.39, 0.29) is 0 Å². The van der Waals surface area contributed by atoms with E-state index in [4.69, 9.17) is 0 Å². The van der Waals surface area contributed by atoms with Crippen molar-refractivity contribution in [2.75, 3.05) is 11.4 Å². The topological polar surface area (TPSA) is 3.24 Å². The second-order valence-corrected chi connectivity index (χ2v) is 5.73. The maximum Gasteiger partial charge on any atom is 0.0411 e. The predicted octanol–water partition coefficient (Wildman–Crippen LogP) is 5.24. The second-order valence-electron chi connectivity index (χ2n) is 4.82. The molecule has 0 aliphatic rings. The third kappa shape index (κ3) is 3.36. The molecule has 0 bridgehead atoms. The highest BCUT2D eigenvalue weighted by Gasteiger charge is 2.10. The molecular formula is C16H18BrN. The van der Waals surface area contributed by atoms with Gasteiger partial charge in [0.15, 0.2) is 0 Å². The van der Waals surface area contributed by atoms with E-state index in [1.807, 2.05) is 0 Å². The highest BCUT2D eigenvalue weighted by Crippen LogP contribution is 2.27. The Hall–Kier alpha value is -1.28. The Morgan fingerprint density at radius 1 is 0.889 bits per heavy atom. The monoisotopic (exact) mass is 303 g/mol. The molecule has 18 heavy (non-hydrogen) atoms. The second kappa shape index (κ2) is 6.05. The molecule has 0 amide bonds. The molecule has 0 spiro atoms. The summed E-state index contributed by atoms with van der Waals surface area (Å²) in [6, 6.07) is 19.0. The molecular weight excluding hydrogens is 286 g/mol. The van der Waals surface area contributed by atoms with Crippen LogP contribution in [0.15, 0.2) is 59.1 Å². The van der Waals surface area contributed by atoms with Gasteiger partial charge in [-0.2, -0.15) is 0 Å². The van der Waals surface area contributed by atoms with Crippen LogP contribution in [0.25, 0.3) is 0 Å². The van der Waals surface area contributed by atoms with Gasteiger partial charge < -0.3 is 4.90 Å². The summed E-state index contributed by atoms with van der Waals surface area (Å²) in [5.41, 5.74) is 2.48. The number of rotatable bonds is 4. The van der Waals surface area contributed by atoms with Crippen molar-refractivity contribution in [2.24, 2.45) is 5.92 Å².